The summed E-state index contributed by atoms with van der Waals surface area (Å²) in [6.07, 6.45) is -1.37. The second-order valence-electron chi connectivity index (χ2n) is 8.90. The lowest BCUT2D eigenvalue weighted by Crippen LogP contribution is -2.34. The molecule has 7 nitrogen and oxygen atoms in total. The smallest absolute Gasteiger partial charge is 0.405 e. The normalized spacial score (nSPS) is 18.2. The third-order valence-corrected chi connectivity index (χ3v) is 6.10. The number of halogens is 3. The summed E-state index contributed by atoms with van der Waals surface area (Å²) in [5, 5.41) is 7.20. The molecule has 0 saturated heterocycles. The lowest BCUT2D eigenvalue weighted by atomic mass is 9.86. The molecule has 2 N–H and O–H groups in total. The van der Waals surface area contributed by atoms with Gasteiger partial charge in [0.1, 0.15) is 11.6 Å². The maximum absolute atomic E-state index is 12.6. The zero-order valence-corrected chi connectivity index (χ0v) is 19.6. The number of nitrogens with one attached hydrogen (secondary N) is 2. The van der Waals surface area contributed by atoms with E-state index in [0.29, 0.717) is 12.5 Å². The first-order valence-corrected chi connectivity index (χ1v) is 11.5. The van der Waals surface area contributed by atoms with E-state index < -0.39 is 18.0 Å². The van der Waals surface area contributed by atoms with Crippen molar-refractivity contribution in [2.45, 2.75) is 38.1 Å². The average Bonchev–Trinajstić information content (AvgIpc) is 2.82. The molecule has 186 valence electrons. The van der Waals surface area contributed by atoms with Gasteiger partial charge in [0.05, 0.1) is 11.1 Å². The van der Waals surface area contributed by atoms with E-state index >= 15 is 0 Å². The predicted molar refractivity (Wildman–Crippen MR) is 129 cm³/mol. The number of ether oxygens (including phenoxy) is 1. The van der Waals surface area contributed by atoms with Gasteiger partial charge in [0, 0.05) is 32.1 Å². The van der Waals surface area contributed by atoms with E-state index in [1.807, 2.05) is 43.3 Å². The third-order valence-electron chi connectivity index (χ3n) is 6.10. The van der Waals surface area contributed by atoms with Gasteiger partial charge in [-0.3, -0.25) is 4.79 Å². The fourth-order valence-corrected chi connectivity index (χ4v) is 4.36. The van der Waals surface area contributed by atoms with Crippen LogP contribution in [-0.2, 0) is 0 Å². The molecule has 3 aromatic rings. The number of alkyl halides is 3. The standard InChI is InChI=1S/C25H28F3N5O2/c1-33(2)22-18-7-3-5-9-20(18)31-24(32-22)30-17-13-11-16(12-14-17)15-29-23(34)19-8-4-6-10-21(19)35-25(26,27)28/h3-10,16-17H,11-15H2,1-2H3,(H,29,34)(H,30,31,32). The Bertz CT molecular complexity index is 1180. The topological polar surface area (TPSA) is 79.4 Å². The summed E-state index contributed by atoms with van der Waals surface area (Å²) in [6, 6.07) is 13.4. The fourth-order valence-electron chi connectivity index (χ4n) is 4.36. The predicted octanol–water partition coefficient (Wildman–Crippen LogP) is 5.00. The maximum Gasteiger partial charge on any atom is 0.573 e. The van der Waals surface area contributed by atoms with E-state index in [2.05, 4.69) is 20.4 Å². The highest BCUT2D eigenvalue weighted by Gasteiger charge is 2.33. The molecule has 4 rings (SSSR count). The molecule has 0 bridgehead atoms. The molecule has 0 spiro atoms. The fraction of sp³-hybridized carbons (Fsp3) is 0.400. The molecule has 0 radical (unpaired) electrons. The molecule has 0 atom stereocenters. The van der Waals surface area contributed by atoms with E-state index in [9.17, 15) is 18.0 Å². The lowest BCUT2D eigenvalue weighted by molar-refractivity contribution is -0.274. The Balaban J connectivity index is 1.31. The van der Waals surface area contributed by atoms with Crippen molar-refractivity contribution in [3.8, 4) is 5.75 Å². The van der Waals surface area contributed by atoms with Crippen molar-refractivity contribution in [2.24, 2.45) is 5.92 Å². The number of para-hydroxylation sites is 2. The largest absolute Gasteiger partial charge is 0.573 e. The van der Waals surface area contributed by atoms with Gasteiger partial charge in [0.15, 0.2) is 0 Å². The Hall–Kier alpha value is -3.56. The summed E-state index contributed by atoms with van der Waals surface area (Å²) in [5.74, 6) is 0.598. The molecule has 1 saturated carbocycles. The summed E-state index contributed by atoms with van der Waals surface area (Å²) in [5.41, 5.74) is 0.741. The van der Waals surface area contributed by atoms with E-state index in [1.54, 1.807) is 0 Å². The zero-order valence-electron chi connectivity index (χ0n) is 19.6. The summed E-state index contributed by atoms with van der Waals surface area (Å²) in [6.45, 7) is 0.392. The van der Waals surface area contributed by atoms with Crippen molar-refractivity contribution in [1.82, 2.24) is 15.3 Å². The number of amides is 1. The van der Waals surface area contributed by atoms with Gasteiger partial charge >= 0.3 is 6.36 Å². The molecule has 1 fully saturated rings. The van der Waals surface area contributed by atoms with Crippen molar-refractivity contribution < 1.29 is 22.7 Å². The molecular formula is C25H28F3N5O2. The molecular weight excluding hydrogens is 459 g/mol. The van der Waals surface area contributed by atoms with Crippen molar-refractivity contribution in [2.75, 3.05) is 30.9 Å². The van der Waals surface area contributed by atoms with Crippen molar-refractivity contribution in [3.63, 3.8) is 0 Å². The number of hydrogen-bond acceptors (Lipinski definition) is 6. The molecule has 0 unspecified atom stereocenters. The number of anilines is 2. The van der Waals surface area contributed by atoms with Gasteiger partial charge in [-0.15, -0.1) is 13.2 Å². The number of hydrogen-bond donors (Lipinski definition) is 2. The first kappa shape index (κ1) is 24.6. The molecule has 35 heavy (non-hydrogen) atoms. The number of carbonyl (C=O) groups is 1. The van der Waals surface area contributed by atoms with Crippen molar-refractivity contribution >= 4 is 28.6 Å². The van der Waals surface area contributed by atoms with Gasteiger partial charge in [0.2, 0.25) is 5.95 Å². The van der Waals surface area contributed by atoms with Crippen LogP contribution in [0, 0.1) is 5.92 Å². The Morgan fingerprint density at radius 1 is 1.03 bits per heavy atom. The highest BCUT2D eigenvalue weighted by molar-refractivity contribution is 5.96. The zero-order chi connectivity index (χ0) is 25.0. The Morgan fingerprint density at radius 2 is 1.71 bits per heavy atom. The molecule has 0 aliphatic heterocycles. The molecule has 1 heterocycles. The van der Waals surface area contributed by atoms with E-state index in [0.717, 1.165) is 48.5 Å². The van der Waals surface area contributed by atoms with Gasteiger partial charge in [-0.25, -0.2) is 4.98 Å². The minimum Gasteiger partial charge on any atom is -0.405 e. The van der Waals surface area contributed by atoms with Crippen LogP contribution < -0.4 is 20.3 Å². The van der Waals surface area contributed by atoms with Gasteiger partial charge in [0.25, 0.3) is 5.91 Å². The van der Waals surface area contributed by atoms with E-state index in [-0.39, 0.29) is 17.5 Å². The molecule has 1 aliphatic carbocycles. The number of fused-ring (bicyclic) bond motifs is 1. The van der Waals surface area contributed by atoms with Gasteiger partial charge in [-0.2, -0.15) is 4.98 Å². The van der Waals surface area contributed by atoms with Crippen LogP contribution >= 0.6 is 0 Å². The van der Waals surface area contributed by atoms with Crippen LogP contribution in [-0.4, -0.2) is 48.9 Å². The first-order valence-electron chi connectivity index (χ1n) is 11.5. The summed E-state index contributed by atoms with van der Waals surface area (Å²) >= 11 is 0. The highest BCUT2D eigenvalue weighted by atomic mass is 19.4. The van der Waals surface area contributed by atoms with Crippen LogP contribution in [0.15, 0.2) is 48.5 Å². The lowest BCUT2D eigenvalue weighted by Gasteiger charge is -2.29. The van der Waals surface area contributed by atoms with Crippen molar-refractivity contribution in [3.05, 3.63) is 54.1 Å². The van der Waals surface area contributed by atoms with Crippen LogP contribution in [0.4, 0.5) is 24.9 Å². The van der Waals surface area contributed by atoms with Crippen LogP contribution in [0.2, 0.25) is 0 Å². The molecule has 1 amide bonds. The van der Waals surface area contributed by atoms with E-state index in [4.69, 9.17) is 4.98 Å². The van der Waals surface area contributed by atoms with Crippen molar-refractivity contribution in [1.29, 1.82) is 0 Å². The van der Waals surface area contributed by atoms with Crippen LogP contribution in [0.1, 0.15) is 36.0 Å². The second-order valence-corrected chi connectivity index (χ2v) is 8.90. The Morgan fingerprint density at radius 3 is 2.43 bits per heavy atom. The third kappa shape index (κ3) is 6.32. The second kappa shape index (κ2) is 10.4. The summed E-state index contributed by atoms with van der Waals surface area (Å²) in [4.78, 5) is 23.8. The molecule has 1 aromatic heterocycles. The Labute approximate surface area is 201 Å². The molecule has 1 aliphatic rings. The quantitative estimate of drug-likeness (QED) is 0.489. The minimum atomic E-state index is -4.86. The summed E-state index contributed by atoms with van der Waals surface area (Å²) in [7, 11) is 3.90. The van der Waals surface area contributed by atoms with E-state index in [1.165, 1.54) is 18.2 Å². The van der Waals surface area contributed by atoms with Gasteiger partial charge in [-0.1, -0.05) is 24.3 Å². The highest BCUT2D eigenvalue weighted by Crippen LogP contribution is 2.29. The molecule has 2 aromatic carbocycles. The maximum atomic E-state index is 12.6. The number of carbonyl (C=O) groups excluding carboxylic acids is 1. The SMILES string of the molecule is CN(C)c1nc(NC2CCC(CNC(=O)c3ccccc3OC(F)(F)F)CC2)nc2ccccc12. The average molecular weight is 488 g/mol. The Kier molecular flexibility index (Phi) is 7.28. The number of benzene rings is 2. The number of aromatic nitrogens is 2. The van der Waals surface area contributed by atoms with Crippen LogP contribution in [0.3, 0.4) is 0 Å². The van der Waals surface area contributed by atoms with Crippen LogP contribution in [0.25, 0.3) is 10.9 Å². The van der Waals surface area contributed by atoms with Gasteiger partial charge in [-0.05, 0) is 55.9 Å². The minimum absolute atomic E-state index is 0.134. The van der Waals surface area contributed by atoms with Crippen LogP contribution in [0.5, 0.6) is 5.75 Å². The summed E-state index contributed by atoms with van der Waals surface area (Å²) < 4.78 is 41.8. The molecule has 10 heteroatoms. The number of nitrogens with zero attached hydrogens (tertiary/aromatic N) is 3. The number of rotatable bonds is 7. The van der Waals surface area contributed by atoms with Gasteiger partial charge < -0.3 is 20.3 Å². The monoisotopic (exact) mass is 487 g/mol. The first-order chi connectivity index (χ1) is 16.7.